The van der Waals surface area contributed by atoms with Gasteiger partial charge in [-0.15, -0.1) is 4.91 Å². The predicted octanol–water partition coefficient (Wildman–Crippen LogP) is 4.06. The van der Waals surface area contributed by atoms with Crippen LogP contribution in [0.5, 0.6) is 0 Å². The molecular formula is C19H23N3O2. The monoisotopic (exact) mass is 325 g/mol. The molecule has 5 nitrogen and oxygen atoms in total. The highest BCUT2D eigenvalue weighted by molar-refractivity contribution is 5.64. The topological polar surface area (TPSA) is 54.8 Å². The second-order valence-electron chi connectivity index (χ2n) is 6.60. The molecule has 0 aliphatic carbocycles. The fourth-order valence-corrected chi connectivity index (χ4v) is 3.37. The Morgan fingerprint density at radius 1 is 1.21 bits per heavy atom. The van der Waals surface area contributed by atoms with Gasteiger partial charge in [0.05, 0.1) is 17.9 Å². The zero-order chi connectivity index (χ0) is 17.1. The van der Waals surface area contributed by atoms with Crippen LogP contribution in [0.4, 0.5) is 5.69 Å². The number of pyridine rings is 1. The number of nitrogens with zero attached hydrogens (tertiary/aromatic N) is 3. The lowest BCUT2D eigenvalue weighted by atomic mass is 10.1. The molecule has 1 aromatic carbocycles. The van der Waals surface area contributed by atoms with Gasteiger partial charge in [-0.25, -0.2) is 0 Å². The van der Waals surface area contributed by atoms with Crippen molar-refractivity contribution in [2.75, 3.05) is 13.1 Å². The van der Waals surface area contributed by atoms with E-state index in [2.05, 4.69) is 41.0 Å². The molecule has 3 rings (SSSR count). The molecule has 2 unspecified atom stereocenters. The van der Waals surface area contributed by atoms with Crippen LogP contribution in [0, 0.1) is 11.8 Å². The van der Waals surface area contributed by atoms with Crippen molar-refractivity contribution < 1.29 is 4.74 Å². The summed E-state index contributed by atoms with van der Waals surface area (Å²) in [5.74, 6) is 0. The van der Waals surface area contributed by atoms with Crippen LogP contribution in [-0.4, -0.2) is 35.2 Å². The summed E-state index contributed by atoms with van der Waals surface area (Å²) in [4.78, 5) is 17.8. The number of morpholine rings is 1. The average molecular weight is 325 g/mol. The molecule has 2 atom stereocenters. The smallest absolute Gasteiger partial charge is 0.108 e. The zero-order valence-electron chi connectivity index (χ0n) is 14.4. The van der Waals surface area contributed by atoms with Gasteiger partial charge in [-0.3, -0.25) is 9.88 Å². The van der Waals surface area contributed by atoms with Crippen molar-refractivity contribution >= 4 is 5.69 Å². The molecule has 1 saturated heterocycles. The molecule has 126 valence electrons. The number of nitroso groups, excluding NO2 is 1. The Kier molecular flexibility index (Phi) is 5.02. The number of hydrogen-bond donors (Lipinski definition) is 0. The van der Waals surface area contributed by atoms with E-state index in [1.165, 1.54) is 5.56 Å². The van der Waals surface area contributed by atoms with Gasteiger partial charge in [0, 0.05) is 30.9 Å². The Labute approximate surface area is 142 Å². The molecule has 2 heterocycles. The van der Waals surface area contributed by atoms with Crippen molar-refractivity contribution in [1.82, 2.24) is 9.88 Å². The SMILES string of the molecule is Cc1cc(CN2CC(C)OC(C)C2)cc(-c2cccc(N=O)c2)n1. The van der Waals surface area contributed by atoms with Crippen LogP contribution in [0.3, 0.4) is 0 Å². The molecule has 0 amide bonds. The summed E-state index contributed by atoms with van der Waals surface area (Å²) >= 11 is 0. The normalized spacial score (nSPS) is 21.6. The lowest BCUT2D eigenvalue weighted by Gasteiger charge is -2.35. The van der Waals surface area contributed by atoms with E-state index in [0.29, 0.717) is 5.69 Å². The second-order valence-corrected chi connectivity index (χ2v) is 6.60. The Morgan fingerprint density at radius 2 is 1.96 bits per heavy atom. The molecule has 1 aromatic heterocycles. The van der Waals surface area contributed by atoms with Crippen LogP contribution in [0.2, 0.25) is 0 Å². The molecule has 1 aliphatic rings. The van der Waals surface area contributed by atoms with Crippen LogP contribution in [0.15, 0.2) is 41.6 Å². The first-order chi connectivity index (χ1) is 11.5. The van der Waals surface area contributed by atoms with E-state index in [1.807, 2.05) is 19.1 Å². The first kappa shape index (κ1) is 16.7. The molecule has 1 fully saturated rings. The Hall–Kier alpha value is -2.11. The number of ether oxygens (including phenoxy) is 1. The van der Waals surface area contributed by atoms with Gasteiger partial charge in [-0.05, 0) is 55.8 Å². The molecule has 0 radical (unpaired) electrons. The van der Waals surface area contributed by atoms with Gasteiger partial charge in [0.25, 0.3) is 0 Å². The van der Waals surface area contributed by atoms with Crippen molar-refractivity contribution in [3.63, 3.8) is 0 Å². The molecule has 24 heavy (non-hydrogen) atoms. The van der Waals surface area contributed by atoms with E-state index in [0.717, 1.165) is 36.6 Å². The Balaban J connectivity index is 1.84. The summed E-state index contributed by atoms with van der Waals surface area (Å²) in [6, 6.07) is 11.5. The van der Waals surface area contributed by atoms with Crippen LogP contribution >= 0.6 is 0 Å². The molecule has 0 bridgehead atoms. The summed E-state index contributed by atoms with van der Waals surface area (Å²) in [5.41, 5.74) is 4.42. The third kappa shape index (κ3) is 4.04. The maximum Gasteiger partial charge on any atom is 0.108 e. The van der Waals surface area contributed by atoms with E-state index < -0.39 is 0 Å². The Bertz CT molecular complexity index is 722. The first-order valence-corrected chi connectivity index (χ1v) is 8.32. The minimum atomic E-state index is 0.256. The van der Waals surface area contributed by atoms with Crippen LogP contribution < -0.4 is 0 Å². The molecular weight excluding hydrogens is 302 g/mol. The van der Waals surface area contributed by atoms with Crippen molar-refractivity contribution in [1.29, 1.82) is 0 Å². The van der Waals surface area contributed by atoms with Gasteiger partial charge in [0.2, 0.25) is 0 Å². The molecule has 5 heteroatoms. The van der Waals surface area contributed by atoms with Gasteiger partial charge in [0.1, 0.15) is 5.69 Å². The largest absolute Gasteiger partial charge is 0.373 e. The highest BCUT2D eigenvalue weighted by Gasteiger charge is 2.22. The summed E-state index contributed by atoms with van der Waals surface area (Å²) in [7, 11) is 0. The standard InChI is InChI=1S/C19H23N3O2/c1-13-7-16(12-22-10-14(2)24-15(3)11-22)8-19(20-13)17-5-4-6-18(9-17)21-23/h4-9,14-15H,10-12H2,1-3H3. The maximum atomic E-state index is 10.8. The number of hydrogen-bond acceptors (Lipinski definition) is 5. The summed E-state index contributed by atoms with van der Waals surface area (Å²) in [6.45, 7) is 8.98. The Morgan fingerprint density at radius 3 is 2.67 bits per heavy atom. The van der Waals surface area contributed by atoms with Crippen LogP contribution in [-0.2, 0) is 11.3 Å². The number of benzene rings is 1. The lowest BCUT2D eigenvalue weighted by molar-refractivity contribution is -0.0704. The molecule has 2 aromatic rings. The second kappa shape index (κ2) is 7.20. The summed E-state index contributed by atoms with van der Waals surface area (Å²) in [6.07, 6.45) is 0.512. The van der Waals surface area contributed by atoms with Crippen LogP contribution in [0.1, 0.15) is 25.1 Å². The minimum Gasteiger partial charge on any atom is -0.373 e. The molecule has 0 N–H and O–H groups in total. The predicted molar refractivity (Wildman–Crippen MR) is 95.2 cm³/mol. The van der Waals surface area contributed by atoms with E-state index in [9.17, 15) is 4.91 Å². The molecule has 0 spiro atoms. The minimum absolute atomic E-state index is 0.256. The number of aryl methyl sites for hydroxylation is 1. The summed E-state index contributed by atoms with van der Waals surface area (Å²) in [5, 5.41) is 3.01. The van der Waals surface area contributed by atoms with Crippen LogP contribution in [0.25, 0.3) is 11.3 Å². The highest BCUT2D eigenvalue weighted by Crippen LogP contribution is 2.24. The van der Waals surface area contributed by atoms with Crippen molar-refractivity contribution in [2.45, 2.75) is 39.5 Å². The van der Waals surface area contributed by atoms with Gasteiger partial charge < -0.3 is 4.74 Å². The van der Waals surface area contributed by atoms with Crippen molar-refractivity contribution in [3.05, 3.63) is 52.6 Å². The lowest BCUT2D eigenvalue weighted by Crippen LogP contribution is -2.44. The fraction of sp³-hybridized carbons (Fsp3) is 0.421. The number of aromatic nitrogens is 1. The van der Waals surface area contributed by atoms with E-state index in [1.54, 1.807) is 12.1 Å². The van der Waals surface area contributed by atoms with Gasteiger partial charge >= 0.3 is 0 Å². The van der Waals surface area contributed by atoms with E-state index in [-0.39, 0.29) is 12.2 Å². The first-order valence-electron chi connectivity index (χ1n) is 8.32. The third-order valence-electron chi connectivity index (χ3n) is 4.16. The highest BCUT2D eigenvalue weighted by atomic mass is 16.5. The fourth-order valence-electron chi connectivity index (χ4n) is 3.37. The van der Waals surface area contributed by atoms with Gasteiger partial charge in [-0.1, -0.05) is 12.1 Å². The van der Waals surface area contributed by atoms with Gasteiger partial charge in [0.15, 0.2) is 0 Å². The average Bonchev–Trinajstić information content (AvgIpc) is 2.53. The van der Waals surface area contributed by atoms with E-state index in [4.69, 9.17) is 4.74 Å². The maximum absolute atomic E-state index is 10.8. The molecule has 1 aliphatic heterocycles. The zero-order valence-corrected chi connectivity index (χ0v) is 14.4. The van der Waals surface area contributed by atoms with Gasteiger partial charge in [-0.2, -0.15) is 0 Å². The van der Waals surface area contributed by atoms with Crippen molar-refractivity contribution in [2.24, 2.45) is 5.18 Å². The quantitative estimate of drug-likeness (QED) is 0.795. The van der Waals surface area contributed by atoms with Crippen molar-refractivity contribution in [3.8, 4) is 11.3 Å². The van der Waals surface area contributed by atoms with E-state index >= 15 is 0 Å². The molecule has 0 saturated carbocycles. The third-order valence-corrected chi connectivity index (χ3v) is 4.16. The summed E-state index contributed by atoms with van der Waals surface area (Å²) < 4.78 is 5.80. The number of rotatable bonds is 4.